The summed E-state index contributed by atoms with van der Waals surface area (Å²) in [6.07, 6.45) is 2.49. The fourth-order valence-electron chi connectivity index (χ4n) is 4.11. The first kappa shape index (κ1) is 25.0. The summed E-state index contributed by atoms with van der Waals surface area (Å²) in [5.41, 5.74) is -0.314. The first-order valence-corrected chi connectivity index (χ1v) is 12.5. The summed E-state index contributed by atoms with van der Waals surface area (Å²) in [6, 6.07) is 8.42. The lowest BCUT2D eigenvalue weighted by Gasteiger charge is -2.28. The Labute approximate surface area is 192 Å². The number of sulfonamides is 1. The number of aryl methyl sites for hydroxylation is 1. The Morgan fingerprint density at radius 3 is 2.36 bits per heavy atom. The lowest BCUT2D eigenvalue weighted by atomic mass is 9.86. The number of pyridine rings is 1. The maximum Gasteiger partial charge on any atom is 0.418 e. The minimum atomic E-state index is -4.65. The van der Waals surface area contributed by atoms with Gasteiger partial charge in [0.2, 0.25) is 15.9 Å². The maximum absolute atomic E-state index is 13.2. The van der Waals surface area contributed by atoms with Crippen molar-refractivity contribution in [3.8, 4) is 0 Å². The van der Waals surface area contributed by atoms with Crippen LogP contribution in [0.15, 0.2) is 48.8 Å². The summed E-state index contributed by atoms with van der Waals surface area (Å²) >= 11 is 0. The highest BCUT2D eigenvalue weighted by atomic mass is 32.2. The van der Waals surface area contributed by atoms with Gasteiger partial charge in [0.15, 0.2) is 0 Å². The van der Waals surface area contributed by atoms with Crippen LogP contribution < -0.4 is 10.0 Å². The molecule has 1 aromatic carbocycles. The Bertz CT molecular complexity index is 1020. The van der Waals surface area contributed by atoms with Crippen LogP contribution in [-0.4, -0.2) is 31.1 Å². The van der Waals surface area contributed by atoms with Crippen LogP contribution in [0.3, 0.4) is 0 Å². The molecular weight excluding hydrogens is 455 g/mol. The molecule has 0 unspecified atom stereocenters. The molecule has 1 aliphatic rings. The van der Waals surface area contributed by atoms with Gasteiger partial charge in [-0.25, -0.2) is 8.42 Å². The van der Waals surface area contributed by atoms with Gasteiger partial charge in [-0.3, -0.25) is 14.5 Å². The molecule has 1 fully saturated rings. The van der Waals surface area contributed by atoms with Crippen molar-refractivity contribution in [3.05, 3.63) is 59.9 Å². The summed E-state index contributed by atoms with van der Waals surface area (Å²) in [4.78, 5) is 16.2. The average molecular weight is 484 g/mol. The molecule has 6 nitrogen and oxygen atoms in total. The molecule has 3 rings (SSSR count). The van der Waals surface area contributed by atoms with E-state index in [1.165, 1.54) is 12.1 Å². The molecule has 0 atom stereocenters. The van der Waals surface area contributed by atoms with E-state index in [1.54, 1.807) is 12.4 Å². The normalized spacial score (nSPS) is 19.1. The van der Waals surface area contributed by atoms with Gasteiger partial charge >= 0.3 is 6.18 Å². The van der Waals surface area contributed by atoms with Crippen LogP contribution in [0.5, 0.6) is 0 Å². The van der Waals surface area contributed by atoms with Crippen LogP contribution in [0.25, 0.3) is 0 Å². The predicted octanol–water partition coefficient (Wildman–Crippen LogP) is 4.54. The number of anilines is 1. The zero-order chi connectivity index (χ0) is 23.9. The lowest BCUT2D eigenvalue weighted by molar-refractivity contribution is -0.136. The number of rotatable bonds is 9. The molecule has 1 amide bonds. The number of carbonyl (C=O) groups is 1. The fourth-order valence-corrected chi connectivity index (χ4v) is 5.65. The number of aromatic nitrogens is 1. The number of halogens is 3. The summed E-state index contributed by atoms with van der Waals surface area (Å²) in [6.45, 7) is 0.563. The zero-order valence-electron chi connectivity index (χ0n) is 18.1. The molecule has 0 aliphatic heterocycles. The largest absolute Gasteiger partial charge is 0.418 e. The maximum atomic E-state index is 13.2. The van der Waals surface area contributed by atoms with Crippen molar-refractivity contribution in [1.29, 1.82) is 0 Å². The van der Waals surface area contributed by atoms with Crippen molar-refractivity contribution in [1.82, 2.24) is 10.3 Å². The number of carbonyl (C=O) groups excluding carboxylic acids is 1. The van der Waals surface area contributed by atoms with E-state index < -0.39 is 32.7 Å². The molecule has 0 saturated heterocycles. The van der Waals surface area contributed by atoms with Crippen molar-refractivity contribution in [2.45, 2.75) is 56.4 Å². The molecule has 10 heteroatoms. The van der Waals surface area contributed by atoms with Gasteiger partial charge in [-0.05, 0) is 74.3 Å². The molecule has 2 N–H and O–H groups in total. The minimum absolute atomic E-state index is 0.0618. The number of nitrogens with one attached hydrogen (secondary N) is 2. The molecule has 0 bridgehead atoms. The van der Waals surface area contributed by atoms with E-state index in [1.807, 2.05) is 12.1 Å². The second-order valence-electron chi connectivity index (χ2n) is 8.35. The monoisotopic (exact) mass is 483 g/mol. The standard InChI is InChI=1S/C23H28F3N3O3S/c24-23(25,26)20-5-1-2-6-21(20)29-33(31,32)19-9-7-18(8-10-19)16-22(30)28-13-3-4-17-11-14-27-15-12-17/h1-2,5-6,11-12,14-15,18-19,29H,3-4,7-10,13,16H2,(H,28,30). The quantitative estimate of drug-likeness (QED) is 0.513. The van der Waals surface area contributed by atoms with Gasteiger partial charge in [0.1, 0.15) is 0 Å². The van der Waals surface area contributed by atoms with Crippen LogP contribution >= 0.6 is 0 Å². The Hall–Kier alpha value is -2.62. The number of amides is 1. The van der Waals surface area contributed by atoms with Crippen molar-refractivity contribution < 1.29 is 26.4 Å². The highest BCUT2D eigenvalue weighted by Crippen LogP contribution is 2.36. The molecule has 1 aliphatic carbocycles. The van der Waals surface area contributed by atoms with Crippen molar-refractivity contribution in [3.63, 3.8) is 0 Å². The SMILES string of the molecule is O=C(CC1CCC(S(=O)(=O)Nc2ccccc2C(F)(F)F)CC1)NCCCc1ccncc1. The third kappa shape index (κ3) is 7.45. The molecule has 2 aromatic rings. The van der Waals surface area contributed by atoms with Crippen LogP contribution in [0.4, 0.5) is 18.9 Å². The van der Waals surface area contributed by atoms with Gasteiger partial charge in [-0.15, -0.1) is 0 Å². The van der Waals surface area contributed by atoms with Gasteiger partial charge in [0.25, 0.3) is 0 Å². The van der Waals surface area contributed by atoms with Gasteiger partial charge in [0.05, 0.1) is 16.5 Å². The van der Waals surface area contributed by atoms with E-state index in [9.17, 15) is 26.4 Å². The molecule has 1 saturated carbocycles. The van der Waals surface area contributed by atoms with E-state index in [2.05, 4.69) is 15.0 Å². The minimum Gasteiger partial charge on any atom is -0.356 e. The topological polar surface area (TPSA) is 88.2 Å². The number of hydrogen-bond acceptors (Lipinski definition) is 4. The predicted molar refractivity (Wildman–Crippen MR) is 120 cm³/mol. The average Bonchev–Trinajstić information content (AvgIpc) is 2.77. The number of hydrogen-bond donors (Lipinski definition) is 2. The van der Waals surface area contributed by atoms with Gasteiger partial charge in [-0.2, -0.15) is 13.2 Å². The lowest BCUT2D eigenvalue weighted by Crippen LogP contribution is -2.34. The number of alkyl halides is 3. The first-order valence-electron chi connectivity index (χ1n) is 11.0. The summed E-state index contributed by atoms with van der Waals surface area (Å²) in [5, 5.41) is 2.12. The first-order chi connectivity index (χ1) is 15.6. The molecule has 1 heterocycles. The van der Waals surface area contributed by atoms with Gasteiger partial charge < -0.3 is 5.32 Å². The number of benzene rings is 1. The second kappa shape index (κ2) is 11.0. The summed E-state index contributed by atoms with van der Waals surface area (Å²) < 4.78 is 67.0. The van der Waals surface area contributed by atoms with Gasteiger partial charge in [-0.1, -0.05) is 12.1 Å². The molecule has 0 spiro atoms. The molecule has 0 radical (unpaired) electrons. The van der Waals surface area contributed by atoms with Gasteiger partial charge in [0, 0.05) is 25.4 Å². The van der Waals surface area contributed by atoms with Crippen LogP contribution in [0.1, 0.15) is 49.7 Å². The van der Waals surface area contributed by atoms with Crippen molar-refractivity contribution in [2.24, 2.45) is 5.92 Å². The Morgan fingerprint density at radius 2 is 1.70 bits per heavy atom. The van der Waals surface area contributed by atoms with Crippen LogP contribution in [0.2, 0.25) is 0 Å². The molecule has 33 heavy (non-hydrogen) atoms. The van der Waals surface area contributed by atoms with Crippen molar-refractivity contribution in [2.75, 3.05) is 11.3 Å². The Balaban J connectivity index is 1.43. The summed E-state index contributed by atoms with van der Waals surface area (Å²) in [5.74, 6) is 0.00683. The number of para-hydroxylation sites is 1. The molecular formula is C23H28F3N3O3S. The Morgan fingerprint density at radius 1 is 1.03 bits per heavy atom. The van der Waals surface area contributed by atoms with E-state index in [0.717, 1.165) is 30.5 Å². The summed E-state index contributed by atoms with van der Waals surface area (Å²) in [7, 11) is -3.97. The fraction of sp³-hybridized carbons (Fsp3) is 0.478. The highest BCUT2D eigenvalue weighted by molar-refractivity contribution is 7.93. The Kier molecular flexibility index (Phi) is 8.34. The highest BCUT2D eigenvalue weighted by Gasteiger charge is 2.36. The smallest absolute Gasteiger partial charge is 0.356 e. The van der Waals surface area contributed by atoms with Crippen LogP contribution in [-0.2, 0) is 27.4 Å². The third-order valence-electron chi connectivity index (χ3n) is 5.91. The third-order valence-corrected chi connectivity index (χ3v) is 7.76. The zero-order valence-corrected chi connectivity index (χ0v) is 19.0. The number of nitrogens with zero attached hydrogens (tertiary/aromatic N) is 1. The van der Waals surface area contributed by atoms with E-state index in [4.69, 9.17) is 0 Å². The van der Waals surface area contributed by atoms with Crippen molar-refractivity contribution >= 4 is 21.6 Å². The molecule has 1 aromatic heterocycles. The van der Waals surface area contributed by atoms with E-state index in [0.29, 0.717) is 38.6 Å². The molecule has 180 valence electrons. The second-order valence-corrected chi connectivity index (χ2v) is 10.3. The van der Waals surface area contributed by atoms with E-state index in [-0.39, 0.29) is 11.8 Å². The van der Waals surface area contributed by atoms with Crippen LogP contribution in [0, 0.1) is 5.92 Å². The van der Waals surface area contributed by atoms with E-state index >= 15 is 0 Å².